The second-order valence-electron chi connectivity index (χ2n) is 4.94. The molecule has 0 saturated carbocycles. The molecule has 2 aromatic rings. The van der Waals surface area contributed by atoms with E-state index in [0.717, 1.165) is 29.6 Å². The maximum Gasteiger partial charge on any atom is 0.105 e. The Hall–Kier alpha value is -1.55. The van der Waals surface area contributed by atoms with Gasteiger partial charge in [0.25, 0.3) is 0 Å². The van der Waals surface area contributed by atoms with Crippen LogP contribution in [0, 0.1) is 6.92 Å². The van der Waals surface area contributed by atoms with E-state index in [-0.39, 0.29) is 0 Å². The minimum Gasteiger partial charge on any atom is -0.365 e. The zero-order valence-electron chi connectivity index (χ0n) is 11.0. The van der Waals surface area contributed by atoms with Crippen molar-refractivity contribution < 1.29 is 0 Å². The Balaban J connectivity index is 1.82. The van der Waals surface area contributed by atoms with Crippen molar-refractivity contribution in [3.8, 4) is 0 Å². The Morgan fingerprint density at radius 1 is 1.42 bits per heavy atom. The summed E-state index contributed by atoms with van der Waals surface area (Å²) in [6.07, 6.45) is 9.81. The third kappa shape index (κ3) is 2.45. The molecular formula is C14H17ClN4. The number of anilines is 1. The van der Waals surface area contributed by atoms with Gasteiger partial charge in [0.1, 0.15) is 5.82 Å². The van der Waals surface area contributed by atoms with Crippen molar-refractivity contribution in [1.82, 2.24) is 14.5 Å². The predicted molar refractivity (Wildman–Crippen MR) is 76.6 cm³/mol. The molecule has 2 aromatic heterocycles. The average Bonchev–Trinajstić information content (AvgIpc) is 3.01. The molecule has 5 heteroatoms. The highest BCUT2D eigenvalue weighted by Crippen LogP contribution is 2.31. The Morgan fingerprint density at radius 3 is 3.05 bits per heavy atom. The summed E-state index contributed by atoms with van der Waals surface area (Å²) >= 11 is 6.26. The maximum atomic E-state index is 6.26. The molecule has 1 atom stereocenters. The maximum absolute atomic E-state index is 6.26. The lowest BCUT2D eigenvalue weighted by atomic mass is 10.2. The van der Waals surface area contributed by atoms with Gasteiger partial charge in [-0.25, -0.2) is 4.98 Å². The van der Waals surface area contributed by atoms with Crippen LogP contribution in [-0.2, 0) is 6.54 Å². The summed E-state index contributed by atoms with van der Waals surface area (Å²) in [6, 6.07) is 2.48. The van der Waals surface area contributed by atoms with Crippen LogP contribution in [0.25, 0.3) is 0 Å². The van der Waals surface area contributed by atoms with Crippen LogP contribution in [0.4, 0.5) is 5.69 Å². The van der Waals surface area contributed by atoms with E-state index in [1.165, 1.54) is 12.8 Å². The fourth-order valence-electron chi connectivity index (χ4n) is 2.77. The van der Waals surface area contributed by atoms with Crippen LogP contribution >= 0.6 is 11.6 Å². The lowest BCUT2D eigenvalue weighted by molar-refractivity contribution is 0.540. The number of nitrogens with zero attached hydrogens (tertiary/aromatic N) is 4. The minimum absolute atomic E-state index is 0.479. The van der Waals surface area contributed by atoms with Crippen molar-refractivity contribution in [2.45, 2.75) is 32.4 Å². The number of aromatic nitrogens is 3. The molecule has 19 heavy (non-hydrogen) atoms. The first-order valence-electron chi connectivity index (χ1n) is 6.59. The van der Waals surface area contributed by atoms with Gasteiger partial charge >= 0.3 is 0 Å². The van der Waals surface area contributed by atoms with E-state index in [4.69, 9.17) is 11.6 Å². The van der Waals surface area contributed by atoms with Gasteiger partial charge in [0.2, 0.25) is 0 Å². The first-order valence-corrected chi connectivity index (χ1v) is 6.97. The molecule has 1 fully saturated rings. The molecule has 1 saturated heterocycles. The van der Waals surface area contributed by atoms with Crippen LogP contribution in [-0.4, -0.2) is 27.1 Å². The number of hydrogen-bond acceptors (Lipinski definition) is 3. The van der Waals surface area contributed by atoms with Gasteiger partial charge in [0.05, 0.1) is 10.7 Å². The van der Waals surface area contributed by atoms with Gasteiger partial charge in [-0.2, -0.15) is 0 Å². The van der Waals surface area contributed by atoms with E-state index in [2.05, 4.69) is 19.4 Å². The third-order valence-electron chi connectivity index (χ3n) is 3.77. The van der Waals surface area contributed by atoms with Crippen LogP contribution in [0.15, 0.2) is 30.9 Å². The number of hydrogen-bond donors (Lipinski definition) is 0. The number of halogens is 1. The summed E-state index contributed by atoms with van der Waals surface area (Å²) in [5, 5.41) is 0.733. The quantitative estimate of drug-likeness (QED) is 0.864. The molecule has 0 radical (unpaired) electrons. The molecule has 0 amide bonds. The molecule has 1 aliphatic heterocycles. The summed E-state index contributed by atoms with van der Waals surface area (Å²) in [5.41, 5.74) is 1.09. The Kier molecular flexibility index (Phi) is 3.42. The Morgan fingerprint density at radius 2 is 2.32 bits per heavy atom. The monoisotopic (exact) mass is 276 g/mol. The predicted octanol–water partition coefficient (Wildman–Crippen LogP) is 2.91. The highest BCUT2D eigenvalue weighted by molar-refractivity contribution is 6.33. The van der Waals surface area contributed by atoms with Gasteiger partial charge in [0.15, 0.2) is 0 Å². The van der Waals surface area contributed by atoms with Crippen molar-refractivity contribution in [1.29, 1.82) is 0 Å². The molecule has 3 heterocycles. The minimum atomic E-state index is 0.479. The molecule has 3 rings (SSSR count). The van der Waals surface area contributed by atoms with Crippen molar-refractivity contribution in [2.24, 2.45) is 0 Å². The zero-order chi connectivity index (χ0) is 13.2. The molecule has 0 N–H and O–H groups in total. The van der Waals surface area contributed by atoms with Gasteiger partial charge in [0, 0.05) is 43.9 Å². The Labute approximate surface area is 118 Å². The van der Waals surface area contributed by atoms with Crippen molar-refractivity contribution in [2.75, 3.05) is 11.4 Å². The molecule has 0 unspecified atom stereocenters. The van der Waals surface area contributed by atoms with E-state index >= 15 is 0 Å². The number of aryl methyl sites for hydroxylation is 1. The number of pyridine rings is 1. The zero-order valence-corrected chi connectivity index (χ0v) is 11.7. The van der Waals surface area contributed by atoms with E-state index < -0.39 is 0 Å². The van der Waals surface area contributed by atoms with E-state index in [9.17, 15) is 0 Å². The van der Waals surface area contributed by atoms with Gasteiger partial charge < -0.3 is 9.47 Å². The van der Waals surface area contributed by atoms with Crippen molar-refractivity contribution in [3.05, 3.63) is 41.7 Å². The van der Waals surface area contributed by atoms with Gasteiger partial charge in [-0.05, 0) is 25.8 Å². The molecule has 4 nitrogen and oxygen atoms in total. The topological polar surface area (TPSA) is 34.0 Å². The molecule has 0 aromatic carbocycles. The SMILES string of the molecule is Cc1nccn1C[C@@H]1CCCN1c1ccncc1Cl. The second-order valence-corrected chi connectivity index (χ2v) is 5.35. The smallest absolute Gasteiger partial charge is 0.105 e. The second kappa shape index (κ2) is 5.21. The van der Waals surface area contributed by atoms with E-state index in [1.54, 1.807) is 12.4 Å². The lowest BCUT2D eigenvalue weighted by Crippen LogP contribution is -2.33. The van der Waals surface area contributed by atoms with E-state index in [1.807, 2.05) is 25.4 Å². The standard InChI is InChI=1S/C14H17ClN4/c1-11-17-6-8-18(11)10-12-3-2-7-19(12)14-4-5-16-9-13(14)15/h4-6,8-9,12H,2-3,7,10H2,1H3/t12-/m0/s1. The van der Waals surface area contributed by atoms with Crippen LogP contribution in [0.2, 0.25) is 5.02 Å². The summed E-state index contributed by atoms with van der Waals surface area (Å²) in [4.78, 5) is 10.7. The van der Waals surface area contributed by atoms with Crippen molar-refractivity contribution >= 4 is 17.3 Å². The summed E-state index contributed by atoms with van der Waals surface area (Å²) in [5.74, 6) is 1.06. The highest BCUT2D eigenvalue weighted by atomic mass is 35.5. The average molecular weight is 277 g/mol. The van der Waals surface area contributed by atoms with Crippen LogP contribution < -0.4 is 4.90 Å². The molecule has 0 spiro atoms. The lowest BCUT2D eigenvalue weighted by Gasteiger charge is -2.28. The summed E-state index contributed by atoms with van der Waals surface area (Å²) in [6.45, 7) is 4.06. The molecule has 100 valence electrons. The fourth-order valence-corrected chi connectivity index (χ4v) is 3.00. The largest absolute Gasteiger partial charge is 0.365 e. The van der Waals surface area contributed by atoms with Gasteiger partial charge in [-0.3, -0.25) is 4.98 Å². The third-order valence-corrected chi connectivity index (χ3v) is 4.06. The first-order chi connectivity index (χ1) is 9.25. The van der Waals surface area contributed by atoms with Gasteiger partial charge in [-0.1, -0.05) is 11.6 Å². The summed E-state index contributed by atoms with van der Waals surface area (Å²) < 4.78 is 2.21. The molecule has 0 aliphatic carbocycles. The number of rotatable bonds is 3. The van der Waals surface area contributed by atoms with E-state index in [0.29, 0.717) is 6.04 Å². The molecular weight excluding hydrogens is 260 g/mol. The number of imidazole rings is 1. The van der Waals surface area contributed by atoms with Crippen LogP contribution in [0.1, 0.15) is 18.7 Å². The molecule has 0 bridgehead atoms. The van der Waals surface area contributed by atoms with Crippen LogP contribution in [0.3, 0.4) is 0 Å². The normalized spacial score (nSPS) is 19.1. The van der Waals surface area contributed by atoms with Gasteiger partial charge in [-0.15, -0.1) is 0 Å². The summed E-state index contributed by atoms with van der Waals surface area (Å²) in [7, 11) is 0. The highest BCUT2D eigenvalue weighted by Gasteiger charge is 2.26. The van der Waals surface area contributed by atoms with Crippen molar-refractivity contribution in [3.63, 3.8) is 0 Å². The molecule has 1 aliphatic rings. The first kappa shape index (κ1) is 12.5. The Bertz CT molecular complexity index is 566. The fraction of sp³-hybridized carbons (Fsp3) is 0.429. The van der Waals surface area contributed by atoms with Crippen LogP contribution in [0.5, 0.6) is 0 Å².